The van der Waals surface area contributed by atoms with Crippen LogP contribution in [0.1, 0.15) is 77.4 Å². The summed E-state index contributed by atoms with van der Waals surface area (Å²) in [4.78, 5) is 97.6. The van der Waals surface area contributed by atoms with Crippen molar-refractivity contribution < 1.29 is 76.9 Å². The van der Waals surface area contributed by atoms with Gasteiger partial charge >= 0.3 is 35.8 Å². The molecule has 3 heterocycles. The van der Waals surface area contributed by atoms with E-state index in [1.807, 2.05) is 0 Å². The minimum atomic E-state index is -2.78. The zero-order valence-corrected chi connectivity index (χ0v) is 29.3. The number of fused-ring (bicyclic) bond motifs is 5. The van der Waals surface area contributed by atoms with Gasteiger partial charge in [0.05, 0.1) is 29.2 Å². The third-order valence-corrected chi connectivity index (χ3v) is 10.7. The minimum absolute atomic E-state index is 0.0294. The van der Waals surface area contributed by atoms with Gasteiger partial charge < -0.3 is 43.4 Å². The molecule has 2 aliphatic heterocycles. The van der Waals surface area contributed by atoms with Crippen molar-refractivity contribution in [1.29, 1.82) is 0 Å². The van der Waals surface area contributed by atoms with E-state index < -0.39 is 125 Å². The molecule has 0 aromatic carbocycles. The van der Waals surface area contributed by atoms with Crippen LogP contribution >= 0.6 is 0 Å². The molecule has 51 heavy (non-hydrogen) atoms. The van der Waals surface area contributed by atoms with Crippen LogP contribution in [0.5, 0.6) is 0 Å². The molecule has 1 spiro atoms. The lowest BCUT2D eigenvalue weighted by Crippen LogP contribution is -2.88. The van der Waals surface area contributed by atoms with Crippen molar-refractivity contribution >= 4 is 41.6 Å². The lowest BCUT2D eigenvalue weighted by atomic mass is 9.45. The quantitative estimate of drug-likeness (QED) is 0.303. The van der Waals surface area contributed by atoms with E-state index in [0.29, 0.717) is 0 Å². The van der Waals surface area contributed by atoms with E-state index in [0.717, 1.165) is 34.6 Å². The van der Waals surface area contributed by atoms with Gasteiger partial charge in [0.15, 0.2) is 30.2 Å². The highest BCUT2D eigenvalue weighted by Gasteiger charge is 2.90. The van der Waals surface area contributed by atoms with Gasteiger partial charge in [0, 0.05) is 39.8 Å². The fourth-order valence-electron chi connectivity index (χ4n) is 8.41. The van der Waals surface area contributed by atoms with E-state index >= 15 is 0 Å². The zero-order chi connectivity index (χ0) is 38.0. The number of carbonyl (C=O) groups is 7. The number of pyridine rings is 1. The van der Waals surface area contributed by atoms with E-state index in [-0.39, 0.29) is 11.3 Å². The fourth-order valence-corrected chi connectivity index (χ4v) is 8.41. The Kier molecular flexibility index (Phi) is 9.58. The van der Waals surface area contributed by atoms with E-state index in [1.54, 1.807) is 6.92 Å². The number of hydrogen-bond acceptors (Lipinski definition) is 17. The number of rotatable bonds is 5. The molecule has 17 heteroatoms. The molecule has 17 nitrogen and oxygen atoms in total. The number of ether oxygens (including phenoxy) is 7. The van der Waals surface area contributed by atoms with Crippen LogP contribution in [0.2, 0.25) is 0 Å². The average Bonchev–Trinajstić information content (AvgIpc) is 3.25. The lowest BCUT2D eigenvalue weighted by Gasteiger charge is -2.66. The molecule has 3 fully saturated rings. The van der Waals surface area contributed by atoms with Crippen molar-refractivity contribution in [1.82, 2.24) is 4.98 Å². The number of aliphatic hydroxyl groups is 2. The first-order valence-electron chi connectivity index (χ1n) is 16.3. The molecular formula is C34H41NO16. The van der Waals surface area contributed by atoms with Gasteiger partial charge in [0.1, 0.15) is 35.4 Å². The Labute approximate surface area is 292 Å². The maximum atomic E-state index is 14.7. The summed E-state index contributed by atoms with van der Waals surface area (Å²) >= 11 is 0. The summed E-state index contributed by atoms with van der Waals surface area (Å²) in [5, 5.41) is 25.3. The predicted molar refractivity (Wildman–Crippen MR) is 165 cm³/mol. The predicted octanol–water partition coefficient (Wildman–Crippen LogP) is 0.100. The Morgan fingerprint density at radius 1 is 0.941 bits per heavy atom. The maximum Gasteiger partial charge on any atom is 0.340 e. The molecule has 2 aliphatic carbocycles. The van der Waals surface area contributed by atoms with Crippen LogP contribution in [0, 0.1) is 17.3 Å². The third kappa shape index (κ3) is 5.56. The summed E-state index contributed by atoms with van der Waals surface area (Å²) in [5.74, 6) is -10.8. The largest absolute Gasteiger partial charge is 0.465 e. The Bertz CT molecular complexity index is 1670. The van der Waals surface area contributed by atoms with Gasteiger partial charge in [0.25, 0.3) is 0 Å². The van der Waals surface area contributed by atoms with Crippen LogP contribution in [0.4, 0.5) is 0 Å². The second-order valence-corrected chi connectivity index (χ2v) is 14.0. The number of Topliss-reactive ketones (excluding diaryl/α,β-unsaturated/α-hetero) is 1. The first-order valence-corrected chi connectivity index (χ1v) is 16.3. The number of esters is 6. The molecule has 0 radical (unpaired) electrons. The smallest absolute Gasteiger partial charge is 0.340 e. The highest BCUT2D eigenvalue weighted by molar-refractivity contribution is 5.94. The summed E-state index contributed by atoms with van der Waals surface area (Å²) in [5.41, 5.74) is -10.1. The van der Waals surface area contributed by atoms with Crippen molar-refractivity contribution in [2.75, 3.05) is 13.2 Å². The van der Waals surface area contributed by atoms with Crippen LogP contribution in [0.15, 0.2) is 18.3 Å². The summed E-state index contributed by atoms with van der Waals surface area (Å²) in [6.07, 6.45) is -9.04. The van der Waals surface area contributed by atoms with Gasteiger partial charge in [-0.1, -0.05) is 13.8 Å². The topological polar surface area (TPSA) is 237 Å². The summed E-state index contributed by atoms with van der Waals surface area (Å²) in [6.45, 7) is 7.48. The molecule has 12 atom stereocenters. The molecular weight excluding hydrogens is 678 g/mol. The number of ketones is 1. The second-order valence-electron chi connectivity index (χ2n) is 14.0. The molecule has 2 N–H and O–H groups in total. The standard InChI is InChI=1S/C34H41NO16/c1-14-15(2)29(42)50-27-24(47-17(4)37)28(49-19(6)39)33(13-45-16(3)36)26(48-18(5)38)23(40)21-25(41)34(33,32(27,8)44)51-31(21,7)12-46-30(43)20-10-9-11-35-22(14)20/h9-11,14-15,21,24-28,41,44H,12-13H2,1-8H3/t14-,15-,21+,24-,25+,26+,27-,28-,31-,32-,33+,34-/m0/s1. The lowest BCUT2D eigenvalue weighted by molar-refractivity contribution is -0.376. The van der Waals surface area contributed by atoms with Crippen molar-refractivity contribution in [2.45, 2.75) is 109 Å². The number of aliphatic hydroxyl groups excluding tert-OH is 1. The molecule has 2 saturated carbocycles. The SMILES string of the molecule is CC(=O)OC[C@]12[C@H](OC(C)=O)C(=O)[C@@H]3[C@@H](O)[C@@]14O[C@@]3(C)COC(=O)c1cccnc1[C@@H](C)[C@H](C)C(=O)O[C@@H]([C@H](OC(C)=O)[C@@H]2OC(C)=O)[C@]4(C)O. The Balaban J connectivity index is 1.91. The first kappa shape index (κ1) is 37.8. The summed E-state index contributed by atoms with van der Waals surface area (Å²) in [7, 11) is 0. The number of nitrogens with zero attached hydrogens (tertiary/aromatic N) is 1. The average molecular weight is 720 g/mol. The van der Waals surface area contributed by atoms with Crippen LogP contribution in [0.3, 0.4) is 0 Å². The van der Waals surface area contributed by atoms with Gasteiger partial charge in [-0.2, -0.15) is 0 Å². The molecule has 0 unspecified atom stereocenters. The van der Waals surface area contributed by atoms with Crippen molar-refractivity contribution in [2.24, 2.45) is 17.3 Å². The van der Waals surface area contributed by atoms with E-state index in [1.165, 1.54) is 32.2 Å². The molecule has 5 rings (SSSR count). The van der Waals surface area contributed by atoms with Gasteiger partial charge in [0.2, 0.25) is 0 Å². The molecule has 278 valence electrons. The van der Waals surface area contributed by atoms with Crippen LogP contribution in [-0.2, 0) is 61.9 Å². The Morgan fingerprint density at radius 3 is 2.16 bits per heavy atom. The van der Waals surface area contributed by atoms with E-state index in [4.69, 9.17) is 33.2 Å². The monoisotopic (exact) mass is 719 g/mol. The number of carbonyl (C=O) groups excluding carboxylic acids is 7. The zero-order valence-electron chi connectivity index (χ0n) is 29.3. The van der Waals surface area contributed by atoms with Crippen molar-refractivity contribution in [3.05, 3.63) is 29.6 Å². The normalized spacial score (nSPS) is 40.2. The second kappa shape index (κ2) is 12.9. The van der Waals surface area contributed by atoms with Gasteiger partial charge in [-0.25, -0.2) is 4.79 Å². The molecule has 1 aromatic heterocycles. The van der Waals surface area contributed by atoms with Crippen LogP contribution in [0.25, 0.3) is 0 Å². The molecule has 4 bridgehead atoms. The van der Waals surface area contributed by atoms with Crippen LogP contribution < -0.4 is 0 Å². The number of aromatic nitrogens is 1. The van der Waals surface area contributed by atoms with Gasteiger partial charge in [-0.15, -0.1) is 0 Å². The fraction of sp³-hybridized carbons (Fsp3) is 0.647. The maximum absolute atomic E-state index is 14.7. The summed E-state index contributed by atoms with van der Waals surface area (Å²) in [6, 6.07) is 2.89. The van der Waals surface area contributed by atoms with Gasteiger partial charge in [-0.05, 0) is 26.0 Å². The Hall–Kier alpha value is -4.48. The van der Waals surface area contributed by atoms with Crippen molar-refractivity contribution in [3.63, 3.8) is 0 Å². The van der Waals surface area contributed by atoms with Crippen LogP contribution in [-0.4, -0.2) is 117 Å². The number of hydrogen-bond donors (Lipinski definition) is 2. The van der Waals surface area contributed by atoms with E-state index in [9.17, 15) is 43.8 Å². The molecule has 1 saturated heterocycles. The Morgan fingerprint density at radius 2 is 1.57 bits per heavy atom. The van der Waals surface area contributed by atoms with E-state index in [2.05, 4.69) is 4.98 Å². The first-order chi connectivity index (χ1) is 23.7. The van der Waals surface area contributed by atoms with Gasteiger partial charge in [-0.3, -0.25) is 33.8 Å². The third-order valence-electron chi connectivity index (χ3n) is 10.7. The number of cyclic esters (lactones) is 1. The molecule has 1 aromatic rings. The molecule has 0 amide bonds. The highest BCUT2D eigenvalue weighted by atomic mass is 16.7. The van der Waals surface area contributed by atoms with Crippen molar-refractivity contribution in [3.8, 4) is 0 Å². The highest BCUT2D eigenvalue weighted by Crippen LogP contribution is 2.68. The summed E-state index contributed by atoms with van der Waals surface area (Å²) < 4.78 is 40.8. The minimum Gasteiger partial charge on any atom is -0.465 e. The molecule has 4 aliphatic rings.